The van der Waals surface area contributed by atoms with Gasteiger partial charge >= 0.3 is 18.2 Å². The van der Waals surface area contributed by atoms with E-state index >= 15 is 0 Å². The Morgan fingerprint density at radius 3 is 2.41 bits per heavy atom. The number of carboxylic acid groups (broad SMARTS) is 1. The number of carbonyl (C=O) groups is 2. The Balaban J connectivity index is 1.86. The maximum Gasteiger partial charge on any atom is 0.394 e. The SMILES string of the molecule is COc1ccc(CC(C)CNC(=O)N2C[C@@H](C(F)(F)F)[C@H](C(=O)O)C2)cc1. The van der Waals surface area contributed by atoms with Gasteiger partial charge in [0.2, 0.25) is 0 Å². The third-order valence-electron chi connectivity index (χ3n) is 4.69. The lowest BCUT2D eigenvalue weighted by Crippen LogP contribution is -2.41. The van der Waals surface area contributed by atoms with Crippen molar-refractivity contribution in [3.05, 3.63) is 29.8 Å². The number of amides is 2. The molecule has 2 rings (SSSR count). The second kappa shape index (κ2) is 8.49. The number of alkyl halides is 3. The zero-order valence-corrected chi connectivity index (χ0v) is 15.1. The molecule has 3 atom stereocenters. The smallest absolute Gasteiger partial charge is 0.394 e. The number of methoxy groups -OCH3 is 1. The molecule has 1 heterocycles. The molecule has 1 aromatic carbocycles. The zero-order valence-electron chi connectivity index (χ0n) is 15.1. The Labute approximate surface area is 155 Å². The number of likely N-dealkylation sites (tertiary alicyclic amines) is 1. The van der Waals surface area contributed by atoms with Crippen molar-refractivity contribution in [2.75, 3.05) is 26.7 Å². The first-order valence-electron chi connectivity index (χ1n) is 8.57. The van der Waals surface area contributed by atoms with Gasteiger partial charge in [0.15, 0.2) is 0 Å². The summed E-state index contributed by atoms with van der Waals surface area (Å²) >= 11 is 0. The van der Waals surface area contributed by atoms with Gasteiger partial charge in [-0.15, -0.1) is 0 Å². The predicted octanol–water partition coefficient (Wildman–Crippen LogP) is 2.78. The molecule has 1 aliphatic heterocycles. The molecule has 1 fully saturated rings. The highest BCUT2D eigenvalue weighted by molar-refractivity contribution is 5.77. The molecule has 1 unspecified atom stereocenters. The second-order valence-electron chi connectivity index (χ2n) is 6.84. The maximum atomic E-state index is 13.0. The Morgan fingerprint density at radius 1 is 1.30 bits per heavy atom. The molecular weight excluding hydrogens is 365 g/mol. The summed E-state index contributed by atoms with van der Waals surface area (Å²) in [5, 5.41) is 11.6. The molecule has 1 aromatic rings. The molecule has 0 aliphatic carbocycles. The van der Waals surface area contributed by atoms with E-state index in [-0.39, 0.29) is 12.5 Å². The van der Waals surface area contributed by atoms with Gasteiger partial charge in [-0.05, 0) is 30.0 Å². The van der Waals surface area contributed by atoms with Crippen LogP contribution in [0.4, 0.5) is 18.0 Å². The van der Waals surface area contributed by atoms with E-state index in [9.17, 15) is 22.8 Å². The first-order valence-corrected chi connectivity index (χ1v) is 8.57. The second-order valence-corrected chi connectivity index (χ2v) is 6.84. The number of nitrogens with one attached hydrogen (secondary N) is 1. The molecule has 0 spiro atoms. The molecule has 0 saturated carbocycles. The molecule has 2 N–H and O–H groups in total. The van der Waals surface area contributed by atoms with Crippen LogP contribution in [0.5, 0.6) is 5.75 Å². The number of aliphatic carboxylic acids is 1. The van der Waals surface area contributed by atoms with Gasteiger partial charge < -0.3 is 20.1 Å². The number of carboxylic acids is 1. The minimum atomic E-state index is -4.65. The fourth-order valence-corrected chi connectivity index (χ4v) is 3.16. The number of hydrogen-bond donors (Lipinski definition) is 2. The Bertz CT molecular complexity index is 664. The summed E-state index contributed by atoms with van der Waals surface area (Å²) in [5.74, 6) is -4.43. The molecule has 9 heteroatoms. The standard InChI is InChI=1S/C18H23F3N2O4/c1-11(7-12-3-5-13(27-2)6-4-12)8-22-17(26)23-9-14(16(24)25)15(10-23)18(19,20)21/h3-6,11,14-15H,7-10H2,1-2H3,(H,22,26)(H,24,25)/t11?,14-,15-/m1/s1. The van der Waals surface area contributed by atoms with E-state index in [1.54, 1.807) is 7.11 Å². The number of halogens is 3. The van der Waals surface area contributed by atoms with E-state index in [2.05, 4.69) is 5.32 Å². The van der Waals surface area contributed by atoms with Crippen LogP contribution >= 0.6 is 0 Å². The predicted molar refractivity (Wildman–Crippen MR) is 91.5 cm³/mol. The van der Waals surface area contributed by atoms with Crippen LogP contribution in [0.1, 0.15) is 12.5 Å². The van der Waals surface area contributed by atoms with Crippen LogP contribution in [0.3, 0.4) is 0 Å². The van der Waals surface area contributed by atoms with Crippen molar-refractivity contribution >= 4 is 12.0 Å². The van der Waals surface area contributed by atoms with Gasteiger partial charge in [0.1, 0.15) is 5.75 Å². The van der Waals surface area contributed by atoms with Crippen LogP contribution in [0.15, 0.2) is 24.3 Å². The lowest BCUT2D eigenvalue weighted by atomic mass is 9.96. The summed E-state index contributed by atoms with van der Waals surface area (Å²) in [5.41, 5.74) is 1.04. The first kappa shape index (κ1) is 20.9. The monoisotopic (exact) mass is 388 g/mol. The largest absolute Gasteiger partial charge is 0.497 e. The molecule has 2 amide bonds. The van der Waals surface area contributed by atoms with Gasteiger partial charge in [-0.3, -0.25) is 4.79 Å². The summed E-state index contributed by atoms with van der Waals surface area (Å²) < 4.78 is 44.0. The Morgan fingerprint density at radius 2 is 1.93 bits per heavy atom. The Kier molecular flexibility index (Phi) is 6.56. The summed E-state index contributed by atoms with van der Waals surface area (Å²) in [7, 11) is 1.57. The molecule has 150 valence electrons. The number of ether oxygens (including phenoxy) is 1. The van der Waals surface area contributed by atoms with Crippen LogP contribution in [0.25, 0.3) is 0 Å². The number of hydrogen-bond acceptors (Lipinski definition) is 3. The minimum absolute atomic E-state index is 0.0543. The van der Waals surface area contributed by atoms with Gasteiger partial charge in [-0.1, -0.05) is 19.1 Å². The average molecular weight is 388 g/mol. The molecule has 6 nitrogen and oxygen atoms in total. The maximum absolute atomic E-state index is 13.0. The average Bonchev–Trinajstić information content (AvgIpc) is 3.06. The van der Waals surface area contributed by atoms with Crippen molar-refractivity contribution in [1.29, 1.82) is 0 Å². The van der Waals surface area contributed by atoms with E-state index in [1.165, 1.54) is 0 Å². The topological polar surface area (TPSA) is 78.9 Å². The van der Waals surface area contributed by atoms with Crippen LogP contribution in [-0.4, -0.2) is 54.9 Å². The molecular formula is C18H23F3N2O4. The first-order chi connectivity index (χ1) is 12.6. The van der Waals surface area contributed by atoms with E-state index < -0.39 is 43.1 Å². The number of nitrogens with zero attached hydrogens (tertiary/aromatic N) is 1. The molecule has 0 aromatic heterocycles. The van der Waals surface area contributed by atoms with Crippen molar-refractivity contribution in [2.45, 2.75) is 19.5 Å². The van der Waals surface area contributed by atoms with Crippen LogP contribution in [0, 0.1) is 17.8 Å². The number of urea groups is 1. The fourth-order valence-electron chi connectivity index (χ4n) is 3.16. The number of benzene rings is 1. The van der Waals surface area contributed by atoms with Crippen LogP contribution < -0.4 is 10.1 Å². The van der Waals surface area contributed by atoms with Gasteiger partial charge in [0, 0.05) is 19.6 Å². The summed E-state index contributed by atoms with van der Waals surface area (Å²) in [4.78, 5) is 24.2. The lowest BCUT2D eigenvalue weighted by molar-refractivity contribution is -0.187. The van der Waals surface area contributed by atoms with E-state index in [0.717, 1.165) is 16.2 Å². The summed E-state index contributed by atoms with van der Waals surface area (Å²) in [6, 6.07) is 6.79. The summed E-state index contributed by atoms with van der Waals surface area (Å²) in [6.45, 7) is 1.10. The normalized spacial score (nSPS) is 21.0. The van der Waals surface area contributed by atoms with E-state index in [1.807, 2.05) is 31.2 Å². The zero-order chi connectivity index (χ0) is 20.2. The molecule has 0 radical (unpaired) electrons. The van der Waals surface area contributed by atoms with Gasteiger partial charge in [-0.2, -0.15) is 13.2 Å². The van der Waals surface area contributed by atoms with Gasteiger partial charge in [0.05, 0.1) is 18.9 Å². The van der Waals surface area contributed by atoms with Crippen molar-refractivity contribution in [3.8, 4) is 5.75 Å². The highest BCUT2D eigenvalue weighted by atomic mass is 19.4. The third kappa shape index (κ3) is 5.51. The fraction of sp³-hybridized carbons (Fsp3) is 0.556. The van der Waals surface area contributed by atoms with Gasteiger partial charge in [-0.25, -0.2) is 4.79 Å². The molecule has 1 saturated heterocycles. The highest BCUT2D eigenvalue weighted by Gasteiger charge is 2.53. The number of rotatable bonds is 6. The summed E-state index contributed by atoms with van der Waals surface area (Å²) in [6.07, 6.45) is -3.98. The molecule has 27 heavy (non-hydrogen) atoms. The van der Waals surface area contributed by atoms with Gasteiger partial charge in [0.25, 0.3) is 0 Å². The van der Waals surface area contributed by atoms with Crippen LogP contribution in [0.2, 0.25) is 0 Å². The lowest BCUT2D eigenvalue weighted by Gasteiger charge is -2.20. The Hall–Kier alpha value is -2.45. The van der Waals surface area contributed by atoms with Crippen molar-refractivity contribution in [1.82, 2.24) is 10.2 Å². The van der Waals surface area contributed by atoms with E-state index in [0.29, 0.717) is 6.42 Å². The minimum Gasteiger partial charge on any atom is -0.497 e. The van der Waals surface area contributed by atoms with E-state index in [4.69, 9.17) is 9.84 Å². The van der Waals surface area contributed by atoms with Crippen LogP contribution in [-0.2, 0) is 11.2 Å². The molecule has 1 aliphatic rings. The quantitative estimate of drug-likeness (QED) is 0.786. The van der Waals surface area contributed by atoms with Crippen molar-refractivity contribution < 1.29 is 32.6 Å². The van der Waals surface area contributed by atoms with Crippen molar-refractivity contribution in [3.63, 3.8) is 0 Å². The molecule has 0 bridgehead atoms. The number of carbonyl (C=O) groups excluding carboxylic acids is 1. The highest BCUT2D eigenvalue weighted by Crippen LogP contribution is 2.37. The third-order valence-corrected chi connectivity index (χ3v) is 4.69. The van der Waals surface area contributed by atoms with Crippen molar-refractivity contribution in [2.24, 2.45) is 17.8 Å².